The predicted octanol–water partition coefficient (Wildman–Crippen LogP) is 6.65. The molecule has 3 rings (SSSR count). The van der Waals surface area contributed by atoms with Crippen molar-refractivity contribution in [1.82, 2.24) is 10.2 Å². The number of hydrogen-bond acceptors (Lipinski definition) is 3. The van der Waals surface area contributed by atoms with Crippen LogP contribution in [0.3, 0.4) is 0 Å². The van der Waals surface area contributed by atoms with Crippen LogP contribution in [0, 0.1) is 5.82 Å². The van der Waals surface area contributed by atoms with Gasteiger partial charge in [0.2, 0.25) is 5.91 Å². The monoisotopic (exact) mass is 582 g/mol. The summed E-state index contributed by atoms with van der Waals surface area (Å²) in [5.41, 5.74) is 1.84. The van der Waals surface area contributed by atoms with Crippen LogP contribution in [-0.2, 0) is 22.6 Å². The smallest absolute Gasteiger partial charge is 0.261 e. The highest BCUT2D eigenvalue weighted by molar-refractivity contribution is 9.10. The Hall–Kier alpha value is -3.19. The zero-order valence-corrected chi connectivity index (χ0v) is 24.2. The largest absolute Gasteiger partial charge is 0.483 e. The first-order valence-electron chi connectivity index (χ1n) is 12.8. The number of hydrogen-bond donors (Lipinski definition) is 1. The fourth-order valence-corrected chi connectivity index (χ4v) is 4.54. The zero-order chi connectivity index (χ0) is 27.9. The topological polar surface area (TPSA) is 58.6 Å². The number of halogens is 2. The number of rotatable bonds is 10. The maximum absolute atomic E-state index is 14.7. The summed E-state index contributed by atoms with van der Waals surface area (Å²) in [4.78, 5) is 28.7. The van der Waals surface area contributed by atoms with Crippen LogP contribution < -0.4 is 10.1 Å². The molecule has 0 aromatic heterocycles. The molecule has 0 aliphatic carbocycles. The number of benzene rings is 3. The summed E-state index contributed by atoms with van der Waals surface area (Å²) in [6.07, 6.45) is 0.274. The van der Waals surface area contributed by atoms with E-state index in [0.29, 0.717) is 17.2 Å². The number of ether oxygens (including phenoxy) is 1. The van der Waals surface area contributed by atoms with Crippen LogP contribution in [0.2, 0.25) is 0 Å². The van der Waals surface area contributed by atoms with Crippen LogP contribution in [0.1, 0.15) is 57.2 Å². The Kier molecular flexibility index (Phi) is 10.1. The van der Waals surface area contributed by atoms with Crippen molar-refractivity contribution in [2.45, 2.75) is 65.1 Å². The maximum atomic E-state index is 14.7. The Morgan fingerprint density at radius 2 is 1.66 bits per heavy atom. The quantitative estimate of drug-likeness (QED) is 0.291. The highest BCUT2D eigenvalue weighted by Crippen LogP contribution is 2.29. The van der Waals surface area contributed by atoms with E-state index in [2.05, 4.69) is 35.1 Å². The zero-order valence-electron chi connectivity index (χ0n) is 22.6. The van der Waals surface area contributed by atoms with Crippen molar-refractivity contribution >= 4 is 27.7 Å². The molecule has 1 N–H and O–H groups in total. The highest BCUT2D eigenvalue weighted by Gasteiger charge is 2.33. The van der Waals surface area contributed by atoms with Crippen LogP contribution in [0.25, 0.3) is 0 Å². The van der Waals surface area contributed by atoms with Gasteiger partial charge >= 0.3 is 0 Å². The van der Waals surface area contributed by atoms with Crippen LogP contribution >= 0.6 is 15.9 Å². The van der Waals surface area contributed by atoms with Crippen LogP contribution in [0.4, 0.5) is 4.39 Å². The summed E-state index contributed by atoms with van der Waals surface area (Å²) >= 11 is 3.53. The number of carbonyl (C=O) groups excluding carboxylic acids is 2. The van der Waals surface area contributed by atoms with Gasteiger partial charge in [-0.1, -0.05) is 68.4 Å². The molecular weight excluding hydrogens is 547 g/mol. The third kappa shape index (κ3) is 8.42. The molecule has 5 nitrogen and oxygen atoms in total. The third-order valence-electron chi connectivity index (χ3n) is 6.04. The van der Waals surface area contributed by atoms with Gasteiger partial charge in [-0.15, -0.1) is 0 Å². The average Bonchev–Trinajstić information content (AvgIpc) is 2.85. The number of nitrogens with one attached hydrogen (secondary N) is 1. The molecule has 38 heavy (non-hydrogen) atoms. The molecule has 0 fully saturated rings. The van der Waals surface area contributed by atoms with Crippen molar-refractivity contribution in [2.75, 3.05) is 6.61 Å². The second kappa shape index (κ2) is 13.1. The molecule has 0 heterocycles. The molecule has 0 saturated carbocycles. The van der Waals surface area contributed by atoms with Gasteiger partial charge in [0.25, 0.3) is 5.91 Å². The minimum Gasteiger partial charge on any atom is -0.483 e. The Morgan fingerprint density at radius 3 is 2.26 bits per heavy atom. The Balaban J connectivity index is 1.94. The second-order valence-electron chi connectivity index (χ2n) is 10.7. The lowest BCUT2D eigenvalue weighted by atomic mass is 10.0. The standard InChI is InChI=1S/C31H36BrFN2O3/c1-21(2)23-15-16-28(25(32)18-23)38-20-29(36)35(19-24-13-9-10-14-26(24)33)27(30(37)34-31(3,4)5)17-22-11-7-6-8-12-22/h6-16,18,21,27H,17,19-20H2,1-5H3,(H,34,37). The molecule has 1 unspecified atom stereocenters. The summed E-state index contributed by atoms with van der Waals surface area (Å²) in [5, 5.41) is 3.00. The first-order chi connectivity index (χ1) is 17.9. The minimum atomic E-state index is -0.876. The maximum Gasteiger partial charge on any atom is 0.261 e. The van der Waals surface area contributed by atoms with Gasteiger partial charge in [0.15, 0.2) is 6.61 Å². The molecule has 2 amide bonds. The van der Waals surface area contributed by atoms with Crippen LogP contribution in [0.5, 0.6) is 5.75 Å². The SMILES string of the molecule is CC(C)c1ccc(OCC(=O)N(Cc2ccccc2F)C(Cc2ccccc2)C(=O)NC(C)(C)C)c(Br)c1. The van der Waals surface area contributed by atoms with E-state index in [4.69, 9.17) is 4.74 Å². The van der Waals surface area contributed by atoms with Gasteiger partial charge in [-0.3, -0.25) is 9.59 Å². The van der Waals surface area contributed by atoms with Gasteiger partial charge in [-0.2, -0.15) is 0 Å². The first kappa shape index (κ1) is 29.4. The lowest BCUT2D eigenvalue weighted by molar-refractivity contribution is -0.143. The number of carbonyl (C=O) groups is 2. The van der Waals surface area contributed by atoms with Crippen molar-refractivity contribution < 1.29 is 18.7 Å². The van der Waals surface area contributed by atoms with Crippen molar-refractivity contribution in [3.8, 4) is 5.75 Å². The minimum absolute atomic E-state index is 0.0720. The molecule has 7 heteroatoms. The van der Waals surface area contributed by atoms with Crippen LogP contribution in [0.15, 0.2) is 77.3 Å². The van der Waals surface area contributed by atoms with Crippen molar-refractivity contribution in [1.29, 1.82) is 0 Å². The van der Waals surface area contributed by atoms with E-state index < -0.39 is 23.3 Å². The van der Waals surface area contributed by atoms with E-state index in [1.165, 1.54) is 11.0 Å². The molecule has 0 saturated heterocycles. The Morgan fingerprint density at radius 1 is 1.00 bits per heavy atom. The van der Waals surface area contributed by atoms with E-state index in [9.17, 15) is 14.0 Å². The van der Waals surface area contributed by atoms with E-state index >= 15 is 0 Å². The van der Waals surface area contributed by atoms with Gasteiger partial charge in [-0.25, -0.2) is 4.39 Å². The van der Waals surface area contributed by atoms with E-state index in [0.717, 1.165) is 15.6 Å². The lowest BCUT2D eigenvalue weighted by Crippen LogP contribution is -2.55. The average molecular weight is 584 g/mol. The third-order valence-corrected chi connectivity index (χ3v) is 6.66. The fourth-order valence-electron chi connectivity index (χ4n) is 4.03. The van der Waals surface area contributed by atoms with Crippen molar-refractivity contribution in [3.05, 3.63) is 99.8 Å². The predicted molar refractivity (Wildman–Crippen MR) is 153 cm³/mol. The van der Waals surface area contributed by atoms with Crippen LogP contribution in [-0.4, -0.2) is 34.9 Å². The summed E-state index contributed by atoms with van der Waals surface area (Å²) < 4.78 is 21.3. The molecule has 0 aliphatic heterocycles. The summed E-state index contributed by atoms with van der Waals surface area (Å²) in [5.74, 6) is -0.301. The van der Waals surface area contributed by atoms with E-state index in [1.807, 2.05) is 69.3 Å². The van der Waals surface area contributed by atoms with Gasteiger partial charge < -0.3 is 15.0 Å². The molecule has 202 valence electrons. The molecule has 0 spiro atoms. The van der Waals surface area contributed by atoms with Gasteiger partial charge in [-0.05, 0) is 71.9 Å². The van der Waals surface area contributed by atoms with Crippen molar-refractivity contribution in [2.24, 2.45) is 0 Å². The first-order valence-corrected chi connectivity index (χ1v) is 13.5. The Labute approximate surface area is 233 Å². The van der Waals surface area contributed by atoms with Gasteiger partial charge in [0, 0.05) is 24.1 Å². The molecule has 0 radical (unpaired) electrons. The summed E-state index contributed by atoms with van der Waals surface area (Å²) in [6.45, 7) is 9.47. The van der Waals surface area contributed by atoms with E-state index in [-0.39, 0.29) is 25.5 Å². The summed E-state index contributed by atoms with van der Waals surface area (Å²) in [7, 11) is 0. The molecule has 3 aromatic rings. The van der Waals surface area contributed by atoms with Crippen molar-refractivity contribution in [3.63, 3.8) is 0 Å². The van der Waals surface area contributed by atoms with Gasteiger partial charge in [0.05, 0.1) is 4.47 Å². The fraction of sp³-hybridized carbons (Fsp3) is 0.355. The number of amides is 2. The summed E-state index contributed by atoms with van der Waals surface area (Å²) in [6, 6.07) is 20.6. The lowest BCUT2D eigenvalue weighted by Gasteiger charge is -2.33. The second-order valence-corrected chi connectivity index (χ2v) is 11.5. The molecule has 0 bridgehead atoms. The Bertz CT molecular complexity index is 1240. The normalized spacial score (nSPS) is 12.2. The molecule has 0 aliphatic rings. The number of nitrogens with zero attached hydrogens (tertiary/aromatic N) is 1. The molecule has 3 aromatic carbocycles. The highest BCUT2D eigenvalue weighted by atomic mass is 79.9. The van der Waals surface area contributed by atoms with E-state index in [1.54, 1.807) is 18.2 Å². The van der Waals surface area contributed by atoms with Gasteiger partial charge in [0.1, 0.15) is 17.6 Å². The molecule has 1 atom stereocenters. The molecular formula is C31H36BrFN2O3.